The maximum Gasteiger partial charge on any atom is 0.323 e. The second kappa shape index (κ2) is 4.57. The first-order valence-corrected chi connectivity index (χ1v) is 6.89. The van der Waals surface area contributed by atoms with Crippen LogP contribution < -0.4 is 0 Å². The molecule has 94 valence electrons. The maximum atomic E-state index is 11.3. The van der Waals surface area contributed by atoms with Gasteiger partial charge < -0.3 is 5.11 Å². The summed E-state index contributed by atoms with van der Waals surface area (Å²) in [5.41, 5.74) is -0.591. The molecule has 0 aliphatic carbocycles. The molecule has 1 fully saturated rings. The SMILES string of the molecule is CN(C1CSCCC1(C)C)C(C)(C)C(=O)O. The highest BCUT2D eigenvalue weighted by molar-refractivity contribution is 7.99. The van der Waals surface area contributed by atoms with Crippen LogP contribution in [0.5, 0.6) is 0 Å². The zero-order chi connectivity index (χ0) is 12.6. The first kappa shape index (κ1) is 13.8. The van der Waals surface area contributed by atoms with Crippen molar-refractivity contribution >= 4 is 17.7 Å². The molecule has 0 aromatic heterocycles. The molecule has 0 bridgehead atoms. The minimum Gasteiger partial charge on any atom is -0.480 e. The molecule has 1 rings (SSSR count). The van der Waals surface area contributed by atoms with Crippen LogP contribution in [0.4, 0.5) is 0 Å². The summed E-state index contributed by atoms with van der Waals surface area (Å²) in [6, 6.07) is 0.331. The number of carboxylic acid groups (broad SMARTS) is 1. The number of nitrogens with zero attached hydrogens (tertiary/aromatic N) is 1. The molecule has 1 aliphatic rings. The van der Waals surface area contributed by atoms with Gasteiger partial charge in [0.15, 0.2) is 0 Å². The Kier molecular flexibility index (Phi) is 3.95. The number of hydrogen-bond donors (Lipinski definition) is 1. The van der Waals surface area contributed by atoms with E-state index in [0.29, 0.717) is 6.04 Å². The fraction of sp³-hybridized carbons (Fsp3) is 0.917. The van der Waals surface area contributed by atoms with Gasteiger partial charge in [-0.2, -0.15) is 11.8 Å². The number of hydrogen-bond acceptors (Lipinski definition) is 3. The Hall–Kier alpha value is -0.220. The second-order valence-electron chi connectivity index (χ2n) is 5.80. The average Bonchev–Trinajstić information content (AvgIpc) is 2.15. The van der Waals surface area contributed by atoms with Crippen molar-refractivity contribution in [3.05, 3.63) is 0 Å². The lowest BCUT2D eigenvalue weighted by atomic mass is 9.80. The molecule has 1 atom stereocenters. The predicted octanol–water partition coefficient (Wildman–Crippen LogP) is 2.31. The minimum atomic E-state index is -0.792. The molecular weight excluding hydrogens is 222 g/mol. The minimum absolute atomic E-state index is 0.201. The van der Waals surface area contributed by atoms with Crippen LogP contribution in [0.3, 0.4) is 0 Å². The van der Waals surface area contributed by atoms with E-state index < -0.39 is 11.5 Å². The summed E-state index contributed by atoms with van der Waals surface area (Å²) in [4.78, 5) is 13.3. The Morgan fingerprint density at radius 2 is 2.06 bits per heavy atom. The van der Waals surface area contributed by atoms with Gasteiger partial charge in [-0.25, -0.2) is 0 Å². The number of likely N-dealkylation sites (N-methyl/N-ethyl adjacent to an activating group) is 1. The lowest BCUT2D eigenvalue weighted by Crippen LogP contribution is -2.58. The van der Waals surface area contributed by atoms with Gasteiger partial charge in [-0.1, -0.05) is 13.8 Å². The molecule has 0 saturated carbocycles. The fourth-order valence-electron chi connectivity index (χ4n) is 2.10. The van der Waals surface area contributed by atoms with Crippen molar-refractivity contribution in [3.63, 3.8) is 0 Å². The zero-order valence-corrected chi connectivity index (χ0v) is 11.7. The van der Waals surface area contributed by atoms with E-state index in [2.05, 4.69) is 13.8 Å². The van der Waals surface area contributed by atoms with Gasteiger partial charge in [0.1, 0.15) is 5.54 Å². The second-order valence-corrected chi connectivity index (χ2v) is 6.95. The lowest BCUT2D eigenvalue weighted by Gasteiger charge is -2.48. The van der Waals surface area contributed by atoms with Gasteiger partial charge in [-0.3, -0.25) is 9.69 Å². The van der Waals surface area contributed by atoms with Gasteiger partial charge in [-0.05, 0) is 38.5 Å². The molecule has 1 aliphatic heterocycles. The number of rotatable bonds is 3. The predicted molar refractivity (Wildman–Crippen MR) is 69.0 cm³/mol. The zero-order valence-electron chi connectivity index (χ0n) is 10.9. The Morgan fingerprint density at radius 3 is 2.50 bits per heavy atom. The molecular formula is C12H23NO2S. The summed E-state index contributed by atoms with van der Waals surface area (Å²) in [6.07, 6.45) is 1.16. The van der Waals surface area contributed by atoms with Crippen molar-refractivity contribution in [1.82, 2.24) is 4.90 Å². The van der Waals surface area contributed by atoms with E-state index in [4.69, 9.17) is 0 Å². The summed E-state index contributed by atoms with van der Waals surface area (Å²) < 4.78 is 0. The third-order valence-electron chi connectivity index (χ3n) is 3.94. The number of carbonyl (C=O) groups is 1. The first-order valence-electron chi connectivity index (χ1n) is 5.73. The Morgan fingerprint density at radius 1 is 1.50 bits per heavy atom. The molecule has 1 unspecified atom stereocenters. The Balaban J connectivity index is 2.87. The summed E-state index contributed by atoms with van der Waals surface area (Å²) in [5.74, 6) is 1.46. The quantitative estimate of drug-likeness (QED) is 0.828. The largest absolute Gasteiger partial charge is 0.480 e. The topological polar surface area (TPSA) is 40.5 Å². The summed E-state index contributed by atoms with van der Waals surface area (Å²) >= 11 is 1.93. The van der Waals surface area contributed by atoms with Crippen LogP contribution in [-0.4, -0.2) is 46.1 Å². The normalized spacial score (nSPS) is 25.8. The van der Waals surface area contributed by atoms with Crippen LogP contribution in [0.1, 0.15) is 34.1 Å². The molecule has 0 aromatic carbocycles. The molecule has 4 heteroatoms. The highest BCUT2D eigenvalue weighted by Gasteiger charge is 2.43. The van der Waals surface area contributed by atoms with E-state index in [1.54, 1.807) is 13.8 Å². The van der Waals surface area contributed by atoms with Crippen LogP contribution in [0.2, 0.25) is 0 Å². The number of carboxylic acids is 1. The van der Waals surface area contributed by atoms with Gasteiger partial charge in [0.2, 0.25) is 0 Å². The number of thioether (sulfide) groups is 1. The number of aliphatic carboxylic acids is 1. The van der Waals surface area contributed by atoms with Crippen molar-refractivity contribution < 1.29 is 9.90 Å². The van der Waals surface area contributed by atoms with E-state index >= 15 is 0 Å². The lowest BCUT2D eigenvalue weighted by molar-refractivity contribution is -0.151. The molecule has 0 aromatic rings. The molecule has 1 heterocycles. The maximum absolute atomic E-state index is 11.3. The van der Waals surface area contributed by atoms with E-state index in [1.165, 1.54) is 5.75 Å². The molecule has 16 heavy (non-hydrogen) atoms. The molecule has 1 saturated heterocycles. The molecule has 3 nitrogen and oxygen atoms in total. The smallest absolute Gasteiger partial charge is 0.323 e. The standard InChI is InChI=1S/C12H23NO2S/c1-11(2)6-7-16-8-9(11)13(5)12(3,4)10(14)15/h9H,6-8H2,1-5H3,(H,14,15). The Bertz CT molecular complexity index is 276. The van der Waals surface area contributed by atoms with Gasteiger partial charge in [0.05, 0.1) is 0 Å². The van der Waals surface area contributed by atoms with Crippen molar-refractivity contribution in [2.24, 2.45) is 5.41 Å². The van der Waals surface area contributed by atoms with Crippen LogP contribution in [-0.2, 0) is 4.79 Å². The molecule has 0 amide bonds. The van der Waals surface area contributed by atoms with Gasteiger partial charge >= 0.3 is 5.97 Å². The van der Waals surface area contributed by atoms with Gasteiger partial charge in [-0.15, -0.1) is 0 Å². The Labute approximate surface area is 103 Å². The van der Waals surface area contributed by atoms with E-state index in [0.717, 1.165) is 12.2 Å². The summed E-state index contributed by atoms with van der Waals surface area (Å²) in [7, 11) is 1.94. The monoisotopic (exact) mass is 245 g/mol. The van der Waals surface area contributed by atoms with Crippen LogP contribution in [0.25, 0.3) is 0 Å². The average molecular weight is 245 g/mol. The highest BCUT2D eigenvalue weighted by atomic mass is 32.2. The van der Waals surface area contributed by atoms with Gasteiger partial charge in [0, 0.05) is 11.8 Å². The summed E-state index contributed by atoms with van der Waals surface area (Å²) in [5, 5.41) is 9.26. The fourth-order valence-corrected chi connectivity index (χ4v) is 3.83. The van der Waals surface area contributed by atoms with Crippen LogP contribution in [0.15, 0.2) is 0 Å². The van der Waals surface area contributed by atoms with Crippen molar-refractivity contribution in [3.8, 4) is 0 Å². The van der Waals surface area contributed by atoms with E-state index in [-0.39, 0.29) is 5.41 Å². The van der Waals surface area contributed by atoms with Crippen molar-refractivity contribution in [2.75, 3.05) is 18.6 Å². The molecule has 0 spiro atoms. The van der Waals surface area contributed by atoms with Crippen LogP contribution in [0, 0.1) is 5.41 Å². The molecule has 1 N–H and O–H groups in total. The van der Waals surface area contributed by atoms with Crippen molar-refractivity contribution in [1.29, 1.82) is 0 Å². The highest BCUT2D eigenvalue weighted by Crippen LogP contribution is 2.39. The summed E-state index contributed by atoms with van der Waals surface area (Å²) in [6.45, 7) is 8.05. The molecule has 0 radical (unpaired) electrons. The van der Waals surface area contributed by atoms with Crippen molar-refractivity contribution in [2.45, 2.75) is 45.7 Å². The van der Waals surface area contributed by atoms with E-state index in [9.17, 15) is 9.90 Å². The third kappa shape index (κ3) is 2.54. The first-order chi connectivity index (χ1) is 7.19. The van der Waals surface area contributed by atoms with Crippen LogP contribution >= 0.6 is 11.8 Å². The third-order valence-corrected chi connectivity index (χ3v) is 4.99. The van der Waals surface area contributed by atoms with Gasteiger partial charge in [0.25, 0.3) is 0 Å². The van der Waals surface area contributed by atoms with E-state index in [1.807, 2.05) is 23.7 Å².